The summed E-state index contributed by atoms with van der Waals surface area (Å²) >= 11 is 0. The molecular weight excluding hydrogens is 411 g/mol. The average Bonchev–Trinajstić information content (AvgIpc) is 3.09. The van der Waals surface area contributed by atoms with E-state index in [1.54, 1.807) is 6.07 Å². The average molecular weight is 432 g/mol. The number of hydrogen-bond donors (Lipinski definition) is 3. The topological polar surface area (TPSA) is 139 Å². The first-order valence-electron chi connectivity index (χ1n) is 9.30. The molecule has 2 aromatic carbocycles. The number of aliphatic hydroxyl groups is 1. The molecule has 31 heavy (non-hydrogen) atoms. The quantitative estimate of drug-likeness (QED) is 0.544. The van der Waals surface area contributed by atoms with E-state index in [1.165, 1.54) is 37.4 Å². The minimum absolute atomic E-state index is 0.160. The molecule has 0 bridgehead atoms. The van der Waals surface area contributed by atoms with E-state index in [0.29, 0.717) is 11.3 Å². The number of carbonyl (C=O) groups excluding carboxylic acids is 2. The van der Waals surface area contributed by atoms with Gasteiger partial charge in [0.15, 0.2) is 0 Å². The summed E-state index contributed by atoms with van der Waals surface area (Å²) in [5, 5.41) is 19.6. The third-order valence-electron chi connectivity index (χ3n) is 5.09. The molecule has 4 N–H and O–H groups in total. The molecule has 1 aliphatic heterocycles. The van der Waals surface area contributed by atoms with E-state index >= 15 is 0 Å². The van der Waals surface area contributed by atoms with Gasteiger partial charge in [0.1, 0.15) is 23.9 Å². The molecule has 164 valence electrons. The van der Waals surface area contributed by atoms with Crippen molar-refractivity contribution in [1.29, 1.82) is 0 Å². The monoisotopic (exact) mass is 432 g/mol. The second-order valence-corrected chi connectivity index (χ2v) is 6.99. The molecule has 0 saturated carbocycles. The number of benzene rings is 2. The summed E-state index contributed by atoms with van der Waals surface area (Å²) in [5.74, 6) is -2.99. The Kier molecular flexibility index (Phi) is 6.11. The van der Waals surface area contributed by atoms with Crippen molar-refractivity contribution in [2.45, 2.75) is 31.7 Å². The van der Waals surface area contributed by atoms with E-state index in [0.717, 1.165) is 4.90 Å². The lowest BCUT2D eigenvalue weighted by Gasteiger charge is -2.33. The third-order valence-corrected chi connectivity index (χ3v) is 5.09. The van der Waals surface area contributed by atoms with Gasteiger partial charge in [0, 0.05) is 23.1 Å². The van der Waals surface area contributed by atoms with Crippen molar-refractivity contribution >= 4 is 17.8 Å². The van der Waals surface area contributed by atoms with Gasteiger partial charge in [0.05, 0.1) is 20.1 Å². The Hall–Kier alpha value is -3.66. The molecule has 1 aliphatic rings. The Morgan fingerprint density at radius 3 is 2.68 bits per heavy atom. The maximum absolute atomic E-state index is 14.1. The Balaban J connectivity index is 1.86. The van der Waals surface area contributed by atoms with Gasteiger partial charge in [-0.05, 0) is 30.3 Å². The molecule has 0 fully saturated rings. The van der Waals surface area contributed by atoms with Crippen LogP contribution in [0.5, 0.6) is 11.5 Å². The van der Waals surface area contributed by atoms with Crippen molar-refractivity contribution in [2.75, 3.05) is 7.11 Å². The molecule has 0 aromatic heterocycles. The van der Waals surface area contributed by atoms with E-state index in [2.05, 4.69) is 0 Å². The number of methoxy groups -OCH3 is 1. The van der Waals surface area contributed by atoms with Crippen LogP contribution in [0.15, 0.2) is 36.4 Å². The largest absolute Gasteiger partial charge is 0.497 e. The number of carbonyl (C=O) groups is 3. The lowest BCUT2D eigenvalue weighted by Crippen LogP contribution is -2.58. The summed E-state index contributed by atoms with van der Waals surface area (Å²) in [6, 6.07) is 8.78. The molecule has 9 nitrogen and oxygen atoms in total. The predicted molar refractivity (Wildman–Crippen MR) is 105 cm³/mol. The first kappa shape index (κ1) is 22.0. The van der Waals surface area contributed by atoms with Crippen molar-refractivity contribution in [1.82, 2.24) is 4.90 Å². The zero-order valence-corrected chi connectivity index (χ0v) is 16.6. The standard InChI is InChI=1S/C21H21FN2O7/c1-30-13-5-6-16(22)12(9-13)11-31-17-4-2-3-14-15(17)10-24(19(14)27)21(29,20(23)28)8-7-18(25)26/h2-6,9,29H,7-8,10-11H2,1H3,(H2,23,28)(H,25,26)/t21-/m0/s1. The van der Waals surface area contributed by atoms with Crippen LogP contribution >= 0.6 is 0 Å². The molecule has 0 spiro atoms. The summed E-state index contributed by atoms with van der Waals surface area (Å²) in [6.45, 7) is -0.392. The van der Waals surface area contributed by atoms with E-state index in [1.807, 2.05) is 0 Å². The van der Waals surface area contributed by atoms with Crippen molar-refractivity contribution in [2.24, 2.45) is 5.73 Å². The number of nitrogens with two attached hydrogens (primary N) is 1. The second kappa shape index (κ2) is 8.60. The summed E-state index contributed by atoms with van der Waals surface area (Å²) in [5.41, 5.74) is 3.57. The molecular formula is C21H21FN2O7. The number of aliphatic carboxylic acids is 1. The van der Waals surface area contributed by atoms with Crippen LogP contribution in [0.3, 0.4) is 0 Å². The van der Waals surface area contributed by atoms with Gasteiger partial charge >= 0.3 is 5.97 Å². The molecule has 3 rings (SSSR count). The van der Waals surface area contributed by atoms with Crippen LogP contribution in [0.1, 0.15) is 34.3 Å². The summed E-state index contributed by atoms with van der Waals surface area (Å²) < 4.78 is 24.9. The Labute approximate surface area is 176 Å². The summed E-state index contributed by atoms with van der Waals surface area (Å²) in [4.78, 5) is 36.5. The Morgan fingerprint density at radius 1 is 1.29 bits per heavy atom. The first-order valence-corrected chi connectivity index (χ1v) is 9.30. The number of ether oxygens (including phenoxy) is 2. The fourth-order valence-corrected chi connectivity index (χ4v) is 3.36. The fourth-order valence-electron chi connectivity index (χ4n) is 3.36. The van der Waals surface area contributed by atoms with Crippen LogP contribution in [0.4, 0.5) is 4.39 Å². The SMILES string of the molecule is COc1ccc(F)c(COc2cccc3c2CN([C@](O)(CCC(=O)O)C(N)=O)C3=O)c1. The normalized spacial score (nSPS) is 14.7. The highest BCUT2D eigenvalue weighted by atomic mass is 19.1. The van der Waals surface area contributed by atoms with Crippen molar-refractivity contribution < 1.29 is 38.5 Å². The van der Waals surface area contributed by atoms with Crippen LogP contribution in [0.25, 0.3) is 0 Å². The van der Waals surface area contributed by atoms with Crippen molar-refractivity contribution in [3.05, 3.63) is 58.9 Å². The number of primary amides is 1. The van der Waals surface area contributed by atoms with Gasteiger partial charge in [-0.3, -0.25) is 19.3 Å². The first-order chi connectivity index (χ1) is 14.7. The molecule has 0 saturated heterocycles. The lowest BCUT2D eigenvalue weighted by molar-refractivity contribution is -0.159. The molecule has 0 radical (unpaired) electrons. The number of carboxylic acid groups (broad SMARTS) is 1. The van der Waals surface area contributed by atoms with Crippen molar-refractivity contribution in [3.8, 4) is 11.5 Å². The molecule has 10 heteroatoms. The van der Waals surface area contributed by atoms with Crippen LogP contribution in [-0.4, -0.2) is 45.7 Å². The second-order valence-electron chi connectivity index (χ2n) is 6.99. The number of nitrogens with zero attached hydrogens (tertiary/aromatic N) is 1. The van der Waals surface area contributed by atoms with Gasteiger partial charge in [-0.1, -0.05) is 6.07 Å². The predicted octanol–water partition coefficient (Wildman–Crippen LogP) is 1.41. The molecule has 2 amide bonds. The summed E-state index contributed by atoms with van der Waals surface area (Å²) in [6.07, 6.45) is -1.14. The number of rotatable bonds is 9. The maximum atomic E-state index is 14.1. The molecule has 2 aromatic rings. The van der Waals surface area contributed by atoms with Gasteiger partial charge in [0.25, 0.3) is 11.8 Å². The van der Waals surface area contributed by atoms with Crippen LogP contribution < -0.4 is 15.2 Å². The van der Waals surface area contributed by atoms with E-state index < -0.39 is 42.2 Å². The third kappa shape index (κ3) is 4.29. The minimum Gasteiger partial charge on any atom is -0.497 e. The minimum atomic E-state index is -2.48. The maximum Gasteiger partial charge on any atom is 0.303 e. The highest BCUT2D eigenvalue weighted by Gasteiger charge is 2.47. The van der Waals surface area contributed by atoms with Crippen LogP contribution in [-0.2, 0) is 22.7 Å². The lowest BCUT2D eigenvalue weighted by atomic mass is 10.0. The Bertz CT molecular complexity index is 1040. The number of halogens is 1. The molecule has 0 aliphatic carbocycles. The van der Waals surface area contributed by atoms with Gasteiger partial charge < -0.3 is 25.4 Å². The zero-order valence-electron chi connectivity index (χ0n) is 16.6. The number of hydrogen-bond acceptors (Lipinski definition) is 6. The van der Waals surface area contributed by atoms with E-state index in [4.69, 9.17) is 20.3 Å². The van der Waals surface area contributed by atoms with Gasteiger partial charge in [-0.15, -0.1) is 0 Å². The van der Waals surface area contributed by atoms with Crippen LogP contribution in [0.2, 0.25) is 0 Å². The highest BCUT2D eigenvalue weighted by molar-refractivity contribution is 6.02. The van der Waals surface area contributed by atoms with E-state index in [9.17, 15) is 23.9 Å². The number of fused-ring (bicyclic) bond motifs is 1. The van der Waals surface area contributed by atoms with Gasteiger partial charge in [-0.2, -0.15) is 0 Å². The van der Waals surface area contributed by atoms with E-state index in [-0.39, 0.29) is 30.0 Å². The number of carboxylic acids is 1. The highest BCUT2D eigenvalue weighted by Crippen LogP contribution is 2.36. The van der Waals surface area contributed by atoms with Crippen LogP contribution in [0, 0.1) is 5.82 Å². The molecule has 1 heterocycles. The smallest absolute Gasteiger partial charge is 0.303 e. The molecule has 1 atom stereocenters. The number of amides is 2. The van der Waals surface area contributed by atoms with Crippen molar-refractivity contribution in [3.63, 3.8) is 0 Å². The van der Waals surface area contributed by atoms with Gasteiger partial charge in [-0.25, -0.2) is 4.39 Å². The van der Waals surface area contributed by atoms with Gasteiger partial charge in [0.2, 0.25) is 5.72 Å². The summed E-state index contributed by atoms with van der Waals surface area (Å²) in [7, 11) is 1.45. The molecule has 0 unspecified atom stereocenters. The Morgan fingerprint density at radius 2 is 2.03 bits per heavy atom. The zero-order chi connectivity index (χ0) is 22.8. The fraction of sp³-hybridized carbons (Fsp3) is 0.286.